The number of nitrogens with zero attached hydrogens (tertiary/aromatic N) is 2. The Kier molecular flexibility index (Phi) is 5.90. The molecule has 0 aromatic heterocycles. The number of rotatable bonds is 4. The second-order valence-electron chi connectivity index (χ2n) is 7.42. The highest BCUT2D eigenvalue weighted by molar-refractivity contribution is 5.78. The summed E-state index contributed by atoms with van der Waals surface area (Å²) in [5, 5.41) is 0. The molecule has 1 unspecified atom stereocenters. The maximum absolute atomic E-state index is 12.7. The van der Waals surface area contributed by atoms with E-state index < -0.39 is 0 Å². The van der Waals surface area contributed by atoms with Crippen molar-refractivity contribution in [3.05, 3.63) is 35.9 Å². The second-order valence-corrected chi connectivity index (χ2v) is 7.42. The smallest absolute Gasteiger partial charge is 0.236 e. The molecule has 1 heterocycles. The zero-order chi connectivity index (χ0) is 16.9. The molecule has 0 spiro atoms. The van der Waals surface area contributed by atoms with Crippen molar-refractivity contribution in [1.29, 1.82) is 0 Å². The SMILES string of the molecule is CC1CCC(N(C)C(=O)CN2CCOC(c3ccccc3)C2)CC1. The molecular weight excluding hydrogens is 300 g/mol. The first-order valence-corrected chi connectivity index (χ1v) is 9.28. The molecule has 1 aliphatic carbocycles. The van der Waals surface area contributed by atoms with Crippen LogP contribution in [0.25, 0.3) is 0 Å². The molecule has 1 aliphatic heterocycles. The summed E-state index contributed by atoms with van der Waals surface area (Å²) in [6.07, 6.45) is 4.87. The number of ether oxygens (including phenoxy) is 1. The second kappa shape index (κ2) is 8.13. The number of likely N-dealkylation sites (N-methyl/N-ethyl adjacent to an activating group) is 1. The third kappa shape index (κ3) is 4.37. The molecule has 1 saturated carbocycles. The van der Waals surface area contributed by atoms with Crippen molar-refractivity contribution in [1.82, 2.24) is 9.80 Å². The summed E-state index contributed by atoms with van der Waals surface area (Å²) in [6.45, 7) is 5.15. The van der Waals surface area contributed by atoms with E-state index in [4.69, 9.17) is 4.74 Å². The molecule has 1 amide bonds. The molecule has 132 valence electrons. The Labute approximate surface area is 145 Å². The Hall–Kier alpha value is -1.39. The summed E-state index contributed by atoms with van der Waals surface area (Å²) in [5.74, 6) is 1.07. The van der Waals surface area contributed by atoms with Crippen LogP contribution in [0.15, 0.2) is 30.3 Å². The van der Waals surface area contributed by atoms with Crippen LogP contribution in [-0.2, 0) is 9.53 Å². The van der Waals surface area contributed by atoms with E-state index in [2.05, 4.69) is 24.0 Å². The molecule has 2 aliphatic rings. The highest BCUT2D eigenvalue weighted by Gasteiger charge is 2.28. The van der Waals surface area contributed by atoms with Gasteiger partial charge in [0.05, 0.1) is 19.3 Å². The summed E-state index contributed by atoms with van der Waals surface area (Å²) in [6, 6.07) is 10.7. The quantitative estimate of drug-likeness (QED) is 0.850. The Balaban J connectivity index is 1.52. The number of hydrogen-bond acceptors (Lipinski definition) is 3. The van der Waals surface area contributed by atoms with Gasteiger partial charge in [0.1, 0.15) is 0 Å². The Bertz CT molecular complexity index is 526. The minimum Gasteiger partial charge on any atom is -0.371 e. The van der Waals surface area contributed by atoms with Gasteiger partial charge in [-0.3, -0.25) is 9.69 Å². The average molecular weight is 330 g/mol. The van der Waals surface area contributed by atoms with Crippen LogP contribution in [0.1, 0.15) is 44.3 Å². The normalized spacial score (nSPS) is 28.5. The number of morpholine rings is 1. The van der Waals surface area contributed by atoms with Crippen LogP contribution in [0.5, 0.6) is 0 Å². The molecule has 3 rings (SSSR count). The largest absolute Gasteiger partial charge is 0.371 e. The van der Waals surface area contributed by atoms with E-state index in [1.807, 2.05) is 30.1 Å². The summed E-state index contributed by atoms with van der Waals surface area (Å²) in [5.41, 5.74) is 1.20. The molecule has 0 N–H and O–H groups in total. The Morgan fingerprint density at radius 1 is 1.21 bits per heavy atom. The van der Waals surface area contributed by atoms with Crippen molar-refractivity contribution < 1.29 is 9.53 Å². The van der Waals surface area contributed by atoms with Crippen molar-refractivity contribution in [2.24, 2.45) is 5.92 Å². The lowest BCUT2D eigenvalue weighted by Gasteiger charge is -2.37. The van der Waals surface area contributed by atoms with Gasteiger partial charge in [0.2, 0.25) is 5.91 Å². The maximum Gasteiger partial charge on any atom is 0.236 e. The molecule has 24 heavy (non-hydrogen) atoms. The fourth-order valence-electron chi connectivity index (χ4n) is 3.85. The van der Waals surface area contributed by atoms with Crippen molar-refractivity contribution in [3.8, 4) is 0 Å². The van der Waals surface area contributed by atoms with Crippen molar-refractivity contribution in [2.45, 2.75) is 44.8 Å². The van der Waals surface area contributed by atoms with E-state index in [0.29, 0.717) is 19.2 Å². The average Bonchev–Trinajstić information content (AvgIpc) is 2.63. The summed E-state index contributed by atoms with van der Waals surface area (Å²) in [7, 11) is 1.98. The standard InChI is InChI=1S/C20H30N2O2/c1-16-8-10-18(11-9-16)21(2)20(23)15-22-12-13-24-19(14-22)17-6-4-3-5-7-17/h3-7,16,18-19H,8-15H2,1-2H3. The van der Waals surface area contributed by atoms with Gasteiger partial charge < -0.3 is 9.64 Å². The molecule has 4 nitrogen and oxygen atoms in total. The minimum atomic E-state index is 0.0774. The van der Waals surface area contributed by atoms with Crippen LogP contribution in [-0.4, -0.2) is 55.0 Å². The topological polar surface area (TPSA) is 32.8 Å². The predicted octanol–water partition coefficient (Wildman–Crippen LogP) is 3.10. The van der Waals surface area contributed by atoms with Crippen molar-refractivity contribution in [3.63, 3.8) is 0 Å². The number of amides is 1. The van der Waals surface area contributed by atoms with E-state index >= 15 is 0 Å². The highest BCUT2D eigenvalue weighted by Crippen LogP contribution is 2.27. The monoisotopic (exact) mass is 330 g/mol. The molecule has 1 aromatic carbocycles. The third-order valence-corrected chi connectivity index (χ3v) is 5.61. The summed E-state index contributed by atoms with van der Waals surface area (Å²) in [4.78, 5) is 16.9. The molecule has 0 bridgehead atoms. The minimum absolute atomic E-state index is 0.0774. The van der Waals surface area contributed by atoms with Gasteiger partial charge in [0.15, 0.2) is 0 Å². The number of carbonyl (C=O) groups excluding carboxylic acids is 1. The predicted molar refractivity (Wildman–Crippen MR) is 95.8 cm³/mol. The van der Waals surface area contributed by atoms with Gasteiger partial charge in [0.25, 0.3) is 0 Å². The van der Waals surface area contributed by atoms with Gasteiger partial charge in [-0.05, 0) is 37.2 Å². The van der Waals surface area contributed by atoms with Gasteiger partial charge in [-0.15, -0.1) is 0 Å². The Morgan fingerprint density at radius 2 is 1.92 bits per heavy atom. The number of benzene rings is 1. The first kappa shape index (κ1) is 17.4. The van der Waals surface area contributed by atoms with E-state index in [-0.39, 0.29) is 12.0 Å². The molecule has 1 aromatic rings. The van der Waals surface area contributed by atoms with Crippen LogP contribution < -0.4 is 0 Å². The fourth-order valence-corrected chi connectivity index (χ4v) is 3.85. The van der Waals surface area contributed by atoms with Gasteiger partial charge in [-0.2, -0.15) is 0 Å². The van der Waals surface area contributed by atoms with Crippen LogP contribution in [0, 0.1) is 5.92 Å². The maximum atomic E-state index is 12.7. The lowest BCUT2D eigenvalue weighted by molar-refractivity contribution is -0.136. The van der Waals surface area contributed by atoms with Gasteiger partial charge in [-0.25, -0.2) is 0 Å². The molecule has 2 fully saturated rings. The van der Waals surface area contributed by atoms with E-state index in [0.717, 1.165) is 31.8 Å². The molecule has 1 saturated heterocycles. The lowest BCUT2D eigenvalue weighted by Crippen LogP contribution is -2.47. The number of carbonyl (C=O) groups is 1. The van der Waals surface area contributed by atoms with Crippen LogP contribution >= 0.6 is 0 Å². The van der Waals surface area contributed by atoms with Crippen LogP contribution in [0.4, 0.5) is 0 Å². The Morgan fingerprint density at radius 3 is 2.62 bits per heavy atom. The van der Waals surface area contributed by atoms with Gasteiger partial charge >= 0.3 is 0 Å². The molecule has 1 atom stereocenters. The first-order chi connectivity index (χ1) is 11.6. The molecular formula is C20H30N2O2. The van der Waals surface area contributed by atoms with Crippen LogP contribution in [0.2, 0.25) is 0 Å². The van der Waals surface area contributed by atoms with Gasteiger partial charge in [-0.1, -0.05) is 37.3 Å². The zero-order valence-corrected chi connectivity index (χ0v) is 15.0. The van der Waals surface area contributed by atoms with Crippen LogP contribution in [0.3, 0.4) is 0 Å². The zero-order valence-electron chi connectivity index (χ0n) is 15.0. The van der Waals surface area contributed by atoms with E-state index in [1.54, 1.807) is 0 Å². The lowest BCUT2D eigenvalue weighted by atomic mass is 9.87. The summed E-state index contributed by atoms with van der Waals surface area (Å²) >= 11 is 0. The fraction of sp³-hybridized carbons (Fsp3) is 0.650. The third-order valence-electron chi connectivity index (χ3n) is 5.61. The number of hydrogen-bond donors (Lipinski definition) is 0. The molecule has 0 radical (unpaired) electrons. The summed E-state index contributed by atoms with van der Waals surface area (Å²) < 4.78 is 5.90. The highest BCUT2D eigenvalue weighted by atomic mass is 16.5. The first-order valence-electron chi connectivity index (χ1n) is 9.28. The van der Waals surface area contributed by atoms with Gasteiger partial charge in [0, 0.05) is 26.2 Å². The van der Waals surface area contributed by atoms with Crippen molar-refractivity contribution in [2.75, 3.05) is 33.3 Å². The van der Waals surface area contributed by atoms with E-state index in [1.165, 1.54) is 18.4 Å². The van der Waals surface area contributed by atoms with E-state index in [9.17, 15) is 4.79 Å². The molecule has 4 heteroatoms. The van der Waals surface area contributed by atoms with Crippen molar-refractivity contribution >= 4 is 5.91 Å².